The molecular formula is C12H9BrF3N3O2. The molecule has 0 atom stereocenters. The van der Waals surface area contributed by atoms with E-state index in [1.165, 1.54) is 0 Å². The van der Waals surface area contributed by atoms with Crippen molar-refractivity contribution in [3.05, 3.63) is 46.6 Å². The molecule has 9 heteroatoms. The summed E-state index contributed by atoms with van der Waals surface area (Å²) in [5, 5.41) is 5.34. The van der Waals surface area contributed by atoms with Gasteiger partial charge in [0.2, 0.25) is 0 Å². The Morgan fingerprint density at radius 3 is 2.57 bits per heavy atom. The molecular weight excluding hydrogens is 355 g/mol. The van der Waals surface area contributed by atoms with E-state index >= 15 is 0 Å². The largest absolute Gasteiger partial charge is 0.504 e. The first-order chi connectivity index (χ1) is 9.86. The van der Waals surface area contributed by atoms with Gasteiger partial charge in [-0.15, -0.1) is 18.3 Å². The Labute approximate surface area is 125 Å². The molecule has 0 aliphatic rings. The van der Waals surface area contributed by atoms with Gasteiger partial charge >= 0.3 is 12.4 Å². The third-order valence-electron chi connectivity index (χ3n) is 2.36. The summed E-state index contributed by atoms with van der Waals surface area (Å²) in [6.07, 6.45) is -4.85. The molecule has 0 fully saturated rings. The number of carbonyl (C=O) groups is 1. The SMILES string of the molecule is O=C(Nc1nn(C(F)(F)F)cc1Br)OCc1ccccc1. The van der Waals surface area contributed by atoms with Gasteiger partial charge in [-0.1, -0.05) is 30.3 Å². The van der Waals surface area contributed by atoms with E-state index in [9.17, 15) is 18.0 Å². The van der Waals surface area contributed by atoms with E-state index in [1.54, 1.807) is 24.3 Å². The van der Waals surface area contributed by atoms with Crippen LogP contribution in [0.2, 0.25) is 0 Å². The second kappa shape index (κ2) is 6.17. The first kappa shape index (κ1) is 15.4. The number of carbonyl (C=O) groups excluding carboxylic acids is 1. The third-order valence-corrected chi connectivity index (χ3v) is 2.94. The van der Waals surface area contributed by atoms with Crippen molar-refractivity contribution in [1.29, 1.82) is 0 Å². The summed E-state index contributed by atoms with van der Waals surface area (Å²) in [5.74, 6) is -0.273. The first-order valence-corrected chi connectivity index (χ1v) is 6.45. The molecule has 2 aromatic rings. The number of halogens is 4. The van der Waals surface area contributed by atoms with Gasteiger partial charge in [-0.05, 0) is 21.5 Å². The molecule has 1 amide bonds. The van der Waals surface area contributed by atoms with Crippen molar-refractivity contribution in [1.82, 2.24) is 9.78 Å². The molecule has 1 N–H and O–H groups in total. The van der Waals surface area contributed by atoms with E-state index in [0.717, 1.165) is 5.56 Å². The number of hydrogen-bond donors (Lipinski definition) is 1. The molecule has 21 heavy (non-hydrogen) atoms. The predicted octanol–water partition coefficient (Wildman–Crippen LogP) is 3.87. The lowest BCUT2D eigenvalue weighted by Crippen LogP contribution is -2.18. The van der Waals surface area contributed by atoms with Crippen molar-refractivity contribution in [3.63, 3.8) is 0 Å². The van der Waals surface area contributed by atoms with Gasteiger partial charge in [0, 0.05) is 0 Å². The number of rotatable bonds is 3. The third kappa shape index (κ3) is 4.22. The van der Waals surface area contributed by atoms with Gasteiger partial charge in [0.1, 0.15) is 6.61 Å². The smallest absolute Gasteiger partial charge is 0.444 e. The van der Waals surface area contributed by atoms with Crippen LogP contribution >= 0.6 is 15.9 Å². The maximum Gasteiger partial charge on any atom is 0.504 e. The van der Waals surface area contributed by atoms with Crippen LogP contribution in [-0.4, -0.2) is 15.9 Å². The average molecular weight is 364 g/mol. The maximum atomic E-state index is 12.4. The van der Waals surface area contributed by atoms with Gasteiger partial charge in [0.25, 0.3) is 0 Å². The fraction of sp³-hybridized carbons (Fsp3) is 0.167. The number of amides is 1. The highest BCUT2D eigenvalue weighted by atomic mass is 79.9. The molecule has 0 bridgehead atoms. The van der Waals surface area contributed by atoms with Crippen molar-refractivity contribution in [2.24, 2.45) is 0 Å². The van der Waals surface area contributed by atoms with Gasteiger partial charge in [0.05, 0.1) is 10.7 Å². The Balaban J connectivity index is 1.95. The summed E-state index contributed by atoms with van der Waals surface area (Å²) < 4.78 is 41.9. The zero-order valence-electron chi connectivity index (χ0n) is 10.4. The molecule has 0 spiro atoms. The monoisotopic (exact) mass is 363 g/mol. The summed E-state index contributed by atoms with van der Waals surface area (Å²) in [7, 11) is 0. The minimum Gasteiger partial charge on any atom is -0.444 e. The summed E-state index contributed by atoms with van der Waals surface area (Å²) in [5.41, 5.74) is 0.757. The molecule has 0 radical (unpaired) electrons. The highest BCUT2D eigenvalue weighted by Gasteiger charge is 2.33. The van der Waals surface area contributed by atoms with E-state index in [0.29, 0.717) is 6.20 Å². The molecule has 1 aromatic carbocycles. The lowest BCUT2D eigenvalue weighted by Gasteiger charge is -2.06. The minimum atomic E-state index is -4.66. The molecule has 0 aliphatic carbocycles. The molecule has 0 unspecified atom stereocenters. The fourth-order valence-electron chi connectivity index (χ4n) is 1.42. The van der Waals surface area contributed by atoms with Crippen LogP contribution in [0.15, 0.2) is 41.0 Å². The molecule has 112 valence electrons. The van der Waals surface area contributed by atoms with Crippen LogP contribution < -0.4 is 5.32 Å². The number of aromatic nitrogens is 2. The lowest BCUT2D eigenvalue weighted by molar-refractivity contribution is -0.212. The van der Waals surface area contributed by atoms with Crippen molar-refractivity contribution < 1.29 is 22.7 Å². The summed E-state index contributed by atoms with van der Waals surface area (Å²) >= 11 is 2.88. The predicted molar refractivity (Wildman–Crippen MR) is 71.5 cm³/mol. The van der Waals surface area contributed by atoms with Gasteiger partial charge in [-0.25, -0.2) is 4.79 Å². The van der Waals surface area contributed by atoms with Gasteiger partial charge in [-0.3, -0.25) is 5.32 Å². The molecule has 0 aliphatic heterocycles. The normalized spacial score (nSPS) is 11.2. The highest BCUT2D eigenvalue weighted by Crippen LogP contribution is 2.27. The Hall–Kier alpha value is -2.03. The van der Waals surface area contributed by atoms with Crippen molar-refractivity contribution in [2.45, 2.75) is 12.9 Å². The molecule has 1 aromatic heterocycles. The minimum absolute atomic E-state index is 0.00325. The Kier molecular flexibility index (Phi) is 4.51. The highest BCUT2D eigenvalue weighted by molar-refractivity contribution is 9.10. The molecule has 0 saturated heterocycles. The number of ether oxygens (including phenoxy) is 1. The zero-order valence-corrected chi connectivity index (χ0v) is 12.0. The quantitative estimate of drug-likeness (QED) is 0.900. The first-order valence-electron chi connectivity index (χ1n) is 5.66. The van der Waals surface area contributed by atoms with Gasteiger partial charge in [-0.2, -0.15) is 4.68 Å². The number of alkyl halides is 3. The van der Waals surface area contributed by atoms with E-state index in [1.807, 2.05) is 6.07 Å². The summed E-state index contributed by atoms with van der Waals surface area (Å²) in [4.78, 5) is 11.5. The molecule has 2 rings (SSSR count). The van der Waals surface area contributed by atoms with E-state index in [2.05, 4.69) is 26.3 Å². The van der Waals surface area contributed by atoms with Crippen LogP contribution in [-0.2, 0) is 17.6 Å². The Morgan fingerprint density at radius 2 is 2.00 bits per heavy atom. The van der Waals surface area contributed by atoms with Gasteiger partial charge < -0.3 is 4.74 Å². The summed E-state index contributed by atoms with van der Waals surface area (Å²) in [6, 6.07) is 8.87. The number of nitrogens with zero attached hydrogens (tertiary/aromatic N) is 2. The van der Waals surface area contributed by atoms with Crippen molar-refractivity contribution in [3.8, 4) is 0 Å². The second-order valence-corrected chi connectivity index (χ2v) is 4.78. The number of anilines is 1. The lowest BCUT2D eigenvalue weighted by atomic mass is 10.2. The standard InChI is InChI=1S/C12H9BrF3N3O2/c13-9-6-19(12(14,15)16)18-10(9)17-11(20)21-7-8-4-2-1-3-5-8/h1-6H,7H2,(H,17,18,20). The van der Waals surface area contributed by atoms with Crippen molar-refractivity contribution >= 4 is 27.8 Å². The van der Waals surface area contributed by atoms with Crippen molar-refractivity contribution in [2.75, 3.05) is 5.32 Å². The molecule has 0 saturated carbocycles. The van der Waals surface area contributed by atoms with Gasteiger partial charge in [0.15, 0.2) is 5.82 Å². The zero-order chi connectivity index (χ0) is 15.5. The van der Waals surface area contributed by atoms with Crippen LogP contribution in [0.1, 0.15) is 5.56 Å². The fourth-order valence-corrected chi connectivity index (χ4v) is 1.80. The van der Waals surface area contributed by atoms with Crippen LogP contribution in [0.4, 0.5) is 23.8 Å². The molecule has 1 heterocycles. The number of nitrogens with one attached hydrogen (secondary N) is 1. The van der Waals surface area contributed by atoms with Crippen LogP contribution in [0, 0.1) is 0 Å². The maximum absolute atomic E-state index is 12.4. The van der Waals surface area contributed by atoms with E-state index < -0.39 is 12.4 Å². The van der Waals surface area contributed by atoms with Crippen LogP contribution in [0.3, 0.4) is 0 Å². The van der Waals surface area contributed by atoms with Crippen LogP contribution in [0.25, 0.3) is 0 Å². The average Bonchev–Trinajstić information content (AvgIpc) is 2.79. The number of hydrogen-bond acceptors (Lipinski definition) is 3. The number of benzene rings is 1. The summed E-state index contributed by atoms with van der Waals surface area (Å²) in [6.45, 7) is 0.00424. The molecule has 5 nitrogen and oxygen atoms in total. The Morgan fingerprint density at radius 1 is 1.33 bits per heavy atom. The van der Waals surface area contributed by atoms with Crippen LogP contribution in [0.5, 0.6) is 0 Å². The second-order valence-electron chi connectivity index (χ2n) is 3.92. The Bertz CT molecular complexity index is 628. The van der Waals surface area contributed by atoms with E-state index in [4.69, 9.17) is 4.74 Å². The topological polar surface area (TPSA) is 56.2 Å². The van der Waals surface area contributed by atoms with E-state index in [-0.39, 0.29) is 21.6 Å².